The van der Waals surface area contributed by atoms with E-state index in [1.54, 1.807) is 6.20 Å². The molecule has 0 aliphatic heterocycles. The molecule has 0 bridgehead atoms. The number of hydrogen-bond acceptors (Lipinski definition) is 4. The summed E-state index contributed by atoms with van der Waals surface area (Å²) in [6.07, 6.45) is 5.97. The fraction of sp³-hybridized carbons (Fsp3) is 0.292. The Morgan fingerprint density at radius 3 is 2.74 bits per heavy atom. The standard InChI is InChI=1S/C24H25ClN4OS/c1-15-11-26-8-7-16(15)12-29-13-17(19-10-18(25)5-6-20(19)29)9-22(30)28-23-27-21(14-31-23)24(2,3)4/h5-8,10-11,13-14H,9,12H2,1-4H3,(H,27,28,30). The number of pyridine rings is 1. The summed E-state index contributed by atoms with van der Waals surface area (Å²) >= 11 is 7.73. The largest absolute Gasteiger partial charge is 0.343 e. The molecule has 1 aromatic carbocycles. The summed E-state index contributed by atoms with van der Waals surface area (Å²) in [7, 11) is 0. The van der Waals surface area contributed by atoms with Gasteiger partial charge in [-0.1, -0.05) is 32.4 Å². The molecular weight excluding hydrogens is 428 g/mol. The zero-order chi connectivity index (χ0) is 22.2. The number of nitrogens with zero attached hydrogens (tertiary/aromatic N) is 3. The van der Waals surface area contributed by atoms with Crippen LogP contribution >= 0.6 is 22.9 Å². The van der Waals surface area contributed by atoms with E-state index in [1.807, 2.05) is 42.0 Å². The van der Waals surface area contributed by atoms with Gasteiger partial charge >= 0.3 is 0 Å². The lowest BCUT2D eigenvalue weighted by molar-refractivity contribution is -0.115. The number of hydrogen-bond donors (Lipinski definition) is 1. The Hall–Kier alpha value is -2.70. The van der Waals surface area contributed by atoms with Crippen molar-refractivity contribution in [1.29, 1.82) is 0 Å². The van der Waals surface area contributed by atoms with Crippen molar-refractivity contribution in [1.82, 2.24) is 14.5 Å². The maximum Gasteiger partial charge on any atom is 0.230 e. The predicted molar refractivity (Wildman–Crippen MR) is 128 cm³/mol. The summed E-state index contributed by atoms with van der Waals surface area (Å²) in [4.78, 5) is 21.5. The second kappa shape index (κ2) is 8.44. The molecule has 0 fully saturated rings. The number of fused-ring (bicyclic) bond motifs is 1. The molecule has 5 nitrogen and oxygen atoms in total. The molecule has 0 unspecified atom stereocenters. The van der Waals surface area contributed by atoms with E-state index in [1.165, 1.54) is 16.9 Å². The summed E-state index contributed by atoms with van der Waals surface area (Å²) in [5, 5.41) is 7.22. The molecule has 4 rings (SSSR count). The molecule has 3 aromatic heterocycles. The average molecular weight is 453 g/mol. The summed E-state index contributed by atoms with van der Waals surface area (Å²) < 4.78 is 2.16. The minimum Gasteiger partial charge on any atom is -0.343 e. The molecule has 7 heteroatoms. The molecule has 0 aliphatic carbocycles. The quantitative estimate of drug-likeness (QED) is 0.405. The molecular formula is C24H25ClN4OS. The Morgan fingerprint density at radius 2 is 2.03 bits per heavy atom. The number of thiazole rings is 1. The van der Waals surface area contributed by atoms with Gasteiger partial charge < -0.3 is 9.88 Å². The SMILES string of the molecule is Cc1cnccc1Cn1cc(CC(=O)Nc2nc(C(C)(C)C)cs2)c2cc(Cl)ccc21. The van der Waals surface area contributed by atoms with Gasteiger partial charge in [-0.3, -0.25) is 9.78 Å². The van der Waals surface area contributed by atoms with Gasteiger partial charge in [-0.25, -0.2) is 4.98 Å². The monoisotopic (exact) mass is 452 g/mol. The van der Waals surface area contributed by atoms with E-state index in [0.717, 1.165) is 27.7 Å². The van der Waals surface area contributed by atoms with Crippen LogP contribution in [-0.2, 0) is 23.2 Å². The molecule has 0 atom stereocenters. The van der Waals surface area contributed by atoms with Gasteiger partial charge in [0, 0.05) is 51.9 Å². The molecule has 160 valence electrons. The smallest absolute Gasteiger partial charge is 0.230 e. The lowest BCUT2D eigenvalue weighted by Crippen LogP contribution is -2.15. The van der Waals surface area contributed by atoms with Crippen LogP contribution in [0.25, 0.3) is 10.9 Å². The third kappa shape index (κ3) is 4.81. The van der Waals surface area contributed by atoms with Crippen molar-refractivity contribution in [2.75, 3.05) is 5.32 Å². The lowest BCUT2D eigenvalue weighted by atomic mass is 9.93. The number of carbonyl (C=O) groups is 1. The first kappa shape index (κ1) is 21.5. The zero-order valence-electron chi connectivity index (χ0n) is 18.1. The summed E-state index contributed by atoms with van der Waals surface area (Å²) in [6, 6.07) is 7.84. The molecule has 0 radical (unpaired) electrons. The van der Waals surface area contributed by atoms with Crippen LogP contribution in [0.2, 0.25) is 5.02 Å². The first-order valence-corrected chi connectivity index (χ1v) is 11.4. The topological polar surface area (TPSA) is 59.8 Å². The molecule has 0 saturated carbocycles. The second-order valence-corrected chi connectivity index (χ2v) is 10.1. The Kier molecular flexibility index (Phi) is 5.86. The number of aromatic nitrogens is 3. The highest BCUT2D eigenvalue weighted by Crippen LogP contribution is 2.28. The number of benzene rings is 1. The number of nitrogens with one attached hydrogen (secondary N) is 1. The molecule has 0 aliphatic rings. The maximum atomic E-state index is 12.8. The Labute approximate surface area is 191 Å². The summed E-state index contributed by atoms with van der Waals surface area (Å²) in [6.45, 7) is 9.08. The number of halogens is 1. The number of rotatable bonds is 5. The summed E-state index contributed by atoms with van der Waals surface area (Å²) in [5.41, 5.74) is 5.24. The molecule has 1 N–H and O–H groups in total. The highest BCUT2D eigenvalue weighted by molar-refractivity contribution is 7.13. The van der Waals surface area contributed by atoms with E-state index < -0.39 is 0 Å². The first-order valence-electron chi connectivity index (χ1n) is 10.1. The van der Waals surface area contributed by atoms with Gasteiger partial charge in [0.25, 0.3) is 0 Å². The number of amides is 1. The maximum absolute atomic E-state index is 12.8. The van der Waals surface area contributed by atoms with E-state index >= 15 is 0 Å². The lowest BCUT2D eigenvalue weighted by Gasteiger charge is -2.14. The van der Waals surface area contributed by atoms with Gasteiger partial charge in [-0.2, -0.15) is 0 Å². The van der Waals surface area contributed by atoms with Crippen LogP contribution in [0.1, 0.15) is 43.2 Å². The van der Waals surface area contributed by atoms with Gasteiger partial charge in [-0.15, -0.1) is 11.3 Å². The highest BCUT2D eigenvalue weighted by Gasteiger charge is 2.19. The predicted octanol–water partition coefficient (Wildman–Crippen LogP) is 5.98. The van der Waals surface area contributed by atoms with E-state index in [0.29, 0.717) is 16.7 Å². The Bertz CT molecular complexity index is 1250. The van der Waals surface area contributed by atoms with E-state index in [9.17, 15) is 4.79 Å². The number of aryl methyl sites for hydroxylation is 1. The third-order valence-corrected chi connectivity index (χ3v) is 6.27. The van der Waals surface area contributed by atoms with Crippen LogP contribution in [-0.4, -0.2) is 20.4 Å². The number of anilines is 1. The van der Waals surface area contributed by atoms with Crippen LogP contribution in [0.5, 0.6) is 0 Å². The molecule has 3 heterocycles. The van der Waals surface area contributed by atoms with Crippen LogP contribution < -0.4 is 5.32 Å². The van der Waals surface area contributed by atoms with Gasteiger partial charge in [0.2, 0.25) is 5.91 Å². The Morgan fingerprint density at radius 1 is 1.23 bits per heavy atom. The van der Waals surface area contributed by atoms with Crippen LogP contribution in [0, 0.1) is 6.92 Å². The molecule has 1 amide bonds. The minimum atomic E-state index is -0.0890. The highest BCUT2D eigenvalue weighted by atomic mass is 35.5. The van der Waals surface area contributed by atoms with Gasteiger partial charge in [0.15, 0.2) is 5.13 Å². The number of carbonyl (C=O) groups excluding carboxylic acids is 1. The average Bonchev–Trinajstić information content (AvgIpc) is 3.29. The molecule has 4 aromatic rings. The molecule has 31 heavy (non-hydrogen) atoms. The second-order valence-electron chi connectivity index (χ2n) is 8.76. The van der Waals surface area contributed by atoms with Gasteiger partial charge in [0.1, 0.15) is 0 Å². The van der Waals surface area contributed by atoms with E-state index in [2.05, 4.69) is 47.5 Å². The van der Waals surface area contributed by atoms with Crippen molar-refractivity contribution >= 4 is 44.9 Å². The van der Waals surface area contributed by atoms with Crippen molar-refractivity contribution in [3.63, 3.8) is 0 Å². The van der Waals surface area contributed by atoms with E-state index in [-0.39, 0.29) is 17.7 Å². The van der Waals surface area contributed by atoms with Crippen molar-refractivity contribution in [3.05, 3.63) is 75.6 Å². The van der Waals surface area contributed by atoms with Gasteiger partial charge in [0.05, 0.1) is 12.1 Å². The van der Waals surface area contributed by atoms with Crippen LogP contribution in [0.4, 0.5) is 5.13 Å². The van der Waals surface area contributed by atoms with Gasteiger partial charge in [-0.05, 0) is 47.9 Å². The van der Waals surface area contributed by atoms with Crippen molar-refractivity contribution in [2.45, 2.75) is 46.1 Å². The summed E-state index contributed by atoms with van der Waals surface area (Å²) in [5.74, 6) is -0.0890. The van der Waals surface area contributed by atoms with E-state index in [4.69, 9.17) is 11.6 Å². The molecule has 0 saturated heterocycles. The normalized spacial score (nSPS) is 11.8. The van der Waals surface area contributed by atoms with Crippen molar-refractivity contribution in [2.24, 2.45) is 0 Å². The first-order chi connectivity index (χ1) is 14.7. The van der Waals surface area contributed by atoms with Crippen LogP contribution in [0.15, 0.2) is 48.2 Å². The minimum absolute atomic E-state index is 0.0469. The fourth-order valence-corrected chi connectivity index (χ4v) is 4.62. The Balaban J connectivity index is 1.60. The molecule has 0 spiro atoms. The van der Waals surface area contributed by atoms with Crippen LogP contribution in [0.3, 0.4) is 0 Å². The van der Waals surface area contributed by atoms with Crippen molar-refractivity contribution < 1.29 is 4.79 Å². The zero-order valence-corrected chi connectivity index (χ0v) is 19.6. The third-order valence-electron chi connectivity index (χ3n) is 5.27. The fourth-order valence-electron chi connectivity index (χ4n) is 3.49. The van der Waals surface area contributed by atoms with Crippen molar-refractivity contribution in [3.8, 4) is 0 Å².